The van der Waals surface area contributed by atoms with Gasteiger partial charge >= 0.3 is 0 Å². The first-order chi connectivity index (χ1) is 9.86. The Labute approximate surface area is 121 Å². The molecule has 0 radical (unpaired) electrons. The molecule has 2 rings (SSSR count). The number of para-hydroxylation sites is 2. The molecule has 2 aromatic rings. The maximum absolute atomic E-state index is 13.0. The van der Waals surface area contributed by atoms with E-state index >= 15 is 0 Å². The average molecular weight is 293 g/mol. The fourth-order valence-electron chi connectivity index (χ4n) is 1.66. The topological polar surface area (TPSA) is 72.6 Å². The van der Waals surface area contributed by atoms with Gasteiger partial charge in [0.05, 0.1) is 12.0 Å². The molecule has 0 saturated carbocycles. The zero-order valence-electron chi connectivity index (χ0n) is 12.0. The Bertz CT molecular complexity index is 620. The minimum Gasteiger partial charge on any atom is -0.504 e. The zero-order valence-corrected chi connectivity index (χ0v) is 12.0. The Morgan fingerprint density at radius 3 is 2.10 bits per heavy atom. The molecule has 0 aliphatic heterocycles. The second kappa shape index (κ2) is 7.23. The van der Waals surface area contributed by atoms with Gasteiger partial charge in [0, 0.05) is 12.1 Å². The van der Waals surface area contributed by atoms with Crippen molar-refractivity contribution in [3.63, 3.8) is 0 Å². The quantitative estimate of drug-likeness (QED) is 0.676. The Morgan fingerprint density at radius 2 is 1.71 bits per heavy atom. The number of hydrogen-bond donors (Lipinski definition) is 1. The average Bonchev–Trinajstić information content (AvgIpc) is 2.45. The van der Waals surface area contributed by atoms with Gasteiger partial charge in [-0.3, -0.25) is 10.1 Å². The second-order valence-corrected chi connectivity index (χ2v) is 4.32. The highest BCUT2D eigenvalue weighted by Gasteiger charge is 2.10. The number of rotatable bonds is 2. The van der Waals surface area contributed by atoms with Crippen molar-refractivity contribution in [2.75, 3.05) is 7.11 Å². The van der Waals surface area contributed by atoms with Crippen molar-refractivity contribution in [2.45, 2.75) is 13.8 Å². The molecule has 21 heavy (non-hydrogen) atoms. The number of phenols is 1. The van der Waals surface area contributed by atoms with Crippen molar-refractivity contribution in [1.82, 2.24) is 0 Å². The number of aromatic hydroxyl groups is 1. The third-order valence-electron chi connectivity index (χ3n) is 2.72. The van der Waals surface area contributed by atoms with Crippen LogP contribution in [0.5, 0.6) is 11.5 Å². The number of nitrogens with zero attached hydrogens (tertiary/aromatic N) is 1. The summed E-state index contributed by atoms with van der Waals surface area (Å²) in [5, 5.41) is 19.3. The van der Waals surface area contributed by atoms with Crippen LogP contribution in [0.1, 0.15) is 11.1 Å². The van der Waals surface area contributed by atoms with Crippen LogP contribution in [0.2, 0.25) is 0 Å². The second-order valence-electron chi connectivity index (χ2n) is 4.32. The van der Waals surface area contributed by atoms with E-state index < -0.39 is 4.92 Å². The summed E-state index contributed by atoms with van der Waals surface area (Å²) in [5.74, 6) is 0.318. The number of ether oxygens (including phenoxy) is 1. The first-order valence-corrected chi connectivity index (χ1v) is 6.10. The van der Waals surface area contributed by atoms with E-state index in [1.807, 2.05) is 0 Å². The highest BCUT2D eigenvalue weighted by atomic mass is 19.1. The van der Waals surface area contributed by atoms with E-state index in [2.05, 4.69) is 0 Å². The molecule has 6 heteroatoms. The lowest BCUT2D eigenvalue weighted by molar-refractivity contribution is -0.385. The van der Waals surface area contributed by atoms with E-state index in [1.165, 1.54) is 33.1 Å². The van der Waals surface area contributed by atoms with E-state index in [-0.39, 0.29) is 17.3 Å². The Kier molecular flexibility index (Phi) is 5.66. The summed E-state index contributed by atoms with van der Waals surface area (Å²) in [6, 6.07) is 9.29. The number of aryl methyl sites for hydroxylation is 2. The van der Waals surface area contributed by atoms with E-state index in [0.29, 0.717) is 16.9 Å². The highest BCUT2D eigenvalue weighted by Crippen LogP contribution is 2.23. The van der Waals surface area contributed by atoms with E-state index in [0.717, 1.165) is 0 Å². The van der Waals surface area contributed by atoms with E-state index in [9.17, 15) is 14.5 Å². The monoisotopic (exact) mass is 293 g/mol. The Morgan fingerprint density at radius 1 is 1.19 bits per heavy atom. The van der Waals surface area contributed by atoms with Crippen LogP contribution in [-0.2, 0) is 0 Å². The molecule has 1 N–H and O–H groups in total. The number of non-ortho nitro benzene ring substituents is 1. The third-order valence-corrected chi connectivity index (χ3v) is 2.72. The minimum absolute atomic E-state index is 0.0635. The molecule has 0 heterocycles. The number of halogens is 1. The van der Waals surface area contributed by atoms with Gasteiger partial charge in [-0.2, -0.15) is 0 Å². The molecule has 0 fully saturated rings. The van der Waals surface area contributed by atoms with Gasteiger partial charge < -0.3 is 9.84 Å². The van der Waals surface area contributed by atoms with Gasteiger partial charge in [-0.15, -0.1) is 0 Å². The van der Waals surface area contributed by atoms with Crippen LogP contribution in [0.3, 0.4) is 0 Å². The molecule has 5 nitrogen and oxygen atoms in total. The van der Waals surface area contributed by atoms with Crippen LogP contribution >= 0.6 is 0 Å². The zero-order chi connectivity index (χ0) is 16.0. The van der Waals surface area contributed by atoms with Crippen molar-refractivity contribution in [2.24, 2.45) is 0 Å². The lowest BCUT2D eigenvalue weighted by Gasteiger charge is -1.99. The van der Waals surface area contributed by atoms with Gasteiger partial charge in [-0.25, -0.2) is 4.39 Å². The number of hydrogen-bond acceptors (Lipinski definition) is 4. The van der Waals surface area contributed by atoms with Crippen LogP contribution in [0.25, 0.3) is 0 Å². The van der Waals surface area contributed by atoms with E-state index in [1.54, 1.807) is 24.3 Å². The summed E-state index contributed by atoms with van der Waals surface area (Å²) in [7, 11) is 1.52. The Balaban J connectivity index is 0.000000219. The van der Waals surface area contributed by atoms with Gasteiger partial charge in [0.1, 0.15) is 5.82 Å². The van der Waals surface area contributed by atoms with Crippen molar-refractivity contribution in [1.29, 1.82) is 0 Å². The largest absolute Gasteiger partial charge is 0.504 e. The highest BCUT2D eigenvalue weighted by molar-refractivity contribution is 5.39. The molecule has 0 aliphatic rings. The van der Waals surface area contributed by atoms with Gasteiger partial charge in [0.25, 0.3) is 5.69 Å². The number of methoxy groups -OCH3 is 1. The molecule has 0 spiro atoms. The molecular formula is C15H16FNO4. The number of nitro benzene ring substituents is 1. The molecule has 0 bridgehead atoms. The van der Waals surface area contributed by atoms with Gasteiger partial charge in [-0.1, -0.05) is 12.1 Å². The van der Waals surface area contributed by atoms with Crippen molar-refractivity contribution in [3.05, 3.63) is 63.5 Å². The number of benzene rings is 2. The number of phenolic OH excluding ortho intramolecular Hbond substituents is 1. The molecule has 0 atom stereocenters. The summed E-state index contributed by atoms with van der Waals surface area (Å²) < 4.78 is 17.7. The molecule has 0 saturated heterocycles. The van der Waals surface area contributed by atoms with Gasteiger partial charge in [-0.05, 0) is 37.1 Å². The molecule has 0 amide bonds. The molecule has 2 aromatic carbocycles. The smallest absolute Gasteiger partial charge is 0.270 e. The van der Waals surface area contributed by atoms with Crippen molar-refractivity contribution >= 4 is 5.69 Å². The summed E-state index contributed by atoms with van der Waals surface area (Å²) >= 11 is 0. The van der Waals surface area contributed by atoms with Crippen LogP contribution in [0.4, 0.5) is 10.1 Å². The van der Waals surface area contributed by atoms with Crippen LogP contribution < -0.4 is 4.74 Å². The molecular weight excluding hydrogens is 277 g/mol. The van der Waals surface area contributed by atoms with Gasteiger partial charge in [0.2, 0.25) is 0 Å². The maximum atomic E-state index is 13.0. The van der Waals surface area contributed by atoms with Crippen molar-refractivity contribution in [3.8, 4) is 11.5 Å². The fourth-order valence-corrected chi connectivity index (χ4v) is 1.66. The predicted molar refractivity (Wildman–Crippen MR) is 77.2 cm³/mol. The maximum Gasteiger partial charge on any atom is 0.270 e. The summed E-state index contributed by atoms with van der Waals surface area (Å²) in [4.78, 5) is 9.77. The summed E-state index contributed by atoms with van der Waals surface area (Å²) in [6.45, 7) is 3.02. The molecule has 0 aromatic heterocycles. The lowest BCUT2D eigenvalue weighted by atomic mass is 10.1. The van der Waals surface area contributed by atoms with Crippen molar-refractivity contribution < 1.29 is 19.2 Å². The minimum atomic E-state index is -0.528. The first-order valence-electron chi connectivity index (χ1n) is 6.10. The SMILES string of the molecule is COc1ccccc1O.Cc1cc([N+](=O)[O-])cc(C)c1F. The number of nitro groups is 1. The van der Waals surface area contributed by atoms with Crippen LogP contribution in [-0.4, -0.2) is 17.1 Å². The fraction of sp³-hybridized carbons (Fsp3) is 0.200. The first kappa shape index (κ1) is 16.4. The summed E-state index contributed by atoms with van der Waals surface area (Å²) in [6.07, 6.45) is 0. The molecule has 112 valence electrons. The molecule has 0 aliphatic carbocycles. The predicted octanol–water partition coefficient (Wildman–Crippen LogP) is 3.75. The lowest BCUT2D eigenvalue weighted by Crippen LogP contribution is -1.93. The summed E-state index contributed by atoms with van der Waals surface area (Å²) in [5.41, 5.74) is 0.551. The Hall–Kier alpha value is -2.63. The standard InChI is InChI=1S/C8H8FNO2.C7H8O2/c1-5-3-7(10(11)12)4-6(2)8(5)9;1-9-7-5-3-2-4-6(7)8/h3-4H,1-2H3;2-5,8H,1H3. The van der Waals surface area contributed by atoms with Gasteiger partial charge in [0.15, 0.2) is 11.5 Å². The van der Waals surface area contributed by atoms with Crippen LogP contribution in [0, 0.1) is 29.8 Å². The van der Waals surface area contributed by atoms with E-state index in [4.69, 9.17) is 9.84 Å². The molecule has 0 unspecified atom stereocenters. The van der Waals surface area contributed by atoms with Crippen LogP contribution in [0.15, 0.2) is 36.4 Å². The normalized spacial score (nSPS) is 9.52. The third kappa shape index (κ3) is 4.45.